The molecule has 140 valence electrons. The van der Waals surface area contributed by atoms with Gasteiger partial charge in [0.05, 0.1) is 19.3 Å². The van der Waals surface area contributed by atoms with Crippen molar-refractivity contribution >= 4 is 10.0 Å². The molecule has 0 amide bonds. The van der Waals surface area contributed by atoms with Crippen molar-refractivity contribution in [2.24, 2.45) is 0 Å². The van der Waals surface area contributed by atoms with Crippen molar-refractivity contribution < 1.29 is 17.9 Å². The summed E-state index contributed by atoms with van der Waals surface area (Å²) in [6, 6.07) is 13.3. The molecule has 0 atom stereocenters. The largest absolute Gasteiger partial charge is 0.491 e. The molecule has 0 aliphatic carbocycles. The summed E-state index contributed by atoms with van der Waals surface area (Å²) >= 11 is 0. The number of aromatic nitrogens is 1. The lowest BCUT2D eigenvalue weighted by Crippen LogP contribution is -2.41. The second-order valence-electron chi connectivity index (χ2n) is 6.14. The third kappa shape index (κ3) is 4.41. The van der Waals surface area contributed by atoms with E-state index in [-0.39, 0.29) is 11.1 Å². The number of hydrogen-bond donors (Lipinski definition) is 0. The van der Waals surface area contributed by atoms with E-state index in [0.29, 0.717) is 44.9 Å². The van der Waals surface area contributed by atoms with Gasteiger partial charge >= 0.3 is 0 Å². The van der Waals surface area contributed by atoms with Gasteiger partial charge in [-0.15, -0.1) is 0 Å². The molecular weight excluding hydrogens is 352 g/mol. The minimum Gasteiger partial charge on any atom is -0.491 e. The topological polar surface area (TPSA) is 68.7 Å². The molecule has 1 fully saturated rings. The molecule has 26 heavy (non-hydrogen) atoms. The number of piperidine rings is 1. The van der Waals surface area contributed by atoms with Crippen molar-refractivity contribution in [1.82, 2.24) is 9.29 Å². The van der Waals surface area contributed by atoms with Crippen LogP contribution in [0.1, 0.15) is 25.3 Å². The third-order valence-electron chi connectivity index (χ3n) is 4.35. The second kappa shape index (κ2) is 8.62. The quantitative estimate of drug-likeness (QED) is 0.743. The van der Waals surface area contributed by atoms with E-state index in [0.717, 1.165) is 5.56 Å². The summed E-state index contributed by atoms with van der Waals surface area (Å²) in [5.74, 6) is 0.303. The molecule has 1 aromatic carbocycles. The van der Waals surface area contributed by atoms with E-state index in [9.17, 15) is 8.42 Å². The zero-order valence-electron chi connectivity index (χ0n) is 14.9. The van der Waals surface area contributed by atoms with E-state index < -0.39 is 10.0 Å². The van der Waals surface area contributed by atoms with Gasteiger partial charge in [-0.1, -0.05) is 30.3 Å². The Morgan fingerprint density at radius 3 is 2.54 bits per heavy atom. The smallest absolute Gasteiger partial charge is 0.264 e. The summed E-state index contributed by atoms with van der Waals surface area (Å²) in [4.78, 5) is 4.05. The van der Waals surface area contributed by atoms with Crippen molar-refractivity contribution in [3.05, 3.63) is 54.2 Å². The van der Waals surface area contributed by atoms with Gasteiger partial charge in [0.1, 0.15) is 0 Å². The number of benzene rings is 1. The lowest BCUT2D eigenvalue weighted by molar-refractivity contribution is 0.0101. The Labute approximate surface area is 154 Å². The van der Waals surface area contributed by atoms with Crippen molar-refractivity contribution in [2.75, 3.05) is 19.7 Å². The van der Waals surface area contributed by atoms with E-state index in [1.54, 1.807) is 12.1 Å². The maximum atomic E-state index is 12.9. The van der Waals surface area contributed by atoms with E-state index in [4.69, 9.17) is 9.47 Å². The van der Waals surface area contributed by atoms with Crippen LogP contribution in [0.15, 0.2) is 53.7 Å². The highest BCUT2D eigenvalue weighted by Gasteiger charge is 2.32. The molecular formula is C19H24N2O4S. The summed E-state index contributed by atoms with van der Waals surface area (Å²) in [6.45, 7) is 3.60. The second-order valence-corrected chi connectivity index (χ2v) is 7.99. The van der Waals surface area contributed by atoms with Crippen LogP contribution in [-0.2, 0) is 21.4 Å². The maximum absolute atomic E-state index is 12.9. The predicted molar refractivity (Wildman–Crippen MR) is 98.4 cm³/mol. The molecule has 6 nitrogen and oxygen atoms in total. The minimum atomic E-state index is -3.66. The molecule has 2 heterocycles. The normalized spacial score (nSPS) is 16.5. The monoisotopic (exact) mass is 376 g/mol. The fourth-order valence-corrected chi connectivity index (χ4v) is 4.50. The number of rotatable bonds is 7. The molecule has 0 radical (unpaired) electrons. The van der Waals surface area contributed by atoms with Gasteiger partial charge in [-0.2, -0.15) is 4.31 Å². The van der Waals surface area contributed by atoms with Gasteiger partial charge in [-0.05, 0) is 37.5 Å². The Hall–Kier alpha value is -1.96. The highest BCUT2D eigenvalue weighted by atomic mass is 32.2. The zero-order valence-corrected chi connectivity index (χ0v) is 15.7. The Morgan fingerprint density at radius 1 is 1.12 bits per heavy atom. The number of ether oxygens (including phenoxy) is 2. The molecule has 0 saturated carbocycles. The van der Waals surface area contributed by atoms with Crippen LogP contribution < -0.4 is 4.74 Å². The zero-order chi connectivity index (χ0) is 18.4. The number of pyridine rings is 1. The van der Waals surface area contributed by atoms with Crippen LogP contribution in [-0.4, -0.2) is 43.5 Å². The van der Waals surface area contributed by atoms with Crippen LogP contribution in [0.2, 0.25) is 0 Å². The number of hydrogen-bond acceptors (Lipinski definition) is 5. The summed E-state index contributed by atoms with van der Waals surface area (Å²) in [5, 5.41) is -0.00879. The molecule has 1 aromatic heterocycles. The summed E-state index contributed by atoms with van der Waals surface area (Å²) in [7, 11) is -3.66. The van der Waals surface area contributed by atoms with Crippen LogP contribution >= 0.6 is 0 Å². The Morgan fingerprint density at radius 2 is 1.85 bits per heavy atom. The van der Waals surface area contributed by atoms with Crippen molar-refractivity contribution in [2.45, 2.75) is 37.5 Å². The van der Waals surface area contributed by atoms with Crippen LogP contribution in [0.3, 0.4) is 0 Å². The van der Waals surface area contributed by atoms with Crippen molar-refractivity contribution in [3.8, 4) is 5.75 Å². The fourth-order valence-electron chi connectivity index (χ4n) is 2.98. The van der Waals surface area contributed by atoms with Gasteiger partial charge in [0.15, 0.2) is 5.75 Å². The van der Waals surface area contributed by atoms with Gasteiger partial charge in [-0.3, -0.25) is 0 Å². The molecule has 1 aliphatic heterocycles. The average Bonchev–Trinajstić information content (AvgIpc) is 2.68. The number of nitrogens with zero attached hydrogens (tertiary/aromatic N) is 2. The van der Waals surface area contributed by atoms with Crippen LogP contribution in [0.5, 0.6) is 5.75 Å². The van der Waals surface area contributed by atoms with Gasteiger partial charge in [0, 0.05) is 19.3 Å². The molecule has 0 N–H and O–H groups in total. The third-order valence-corrected chi connectivity index (χ3v) is 6.19. The standard InChI is InChI=1S/C19H24N2O4S/c1-2-24-18-9-6-12-20-19(18)26(22,23)21-13-10-17(11-14-21)25-15-16-7-4-3-5-8-16/h3-9,12,17H,2,10-11,13-15H2,1H3. The fraction of sp³-hybridized carbons (Fsp3) is 0.421. The van der Waals surface area contributed by atoms with Gasteiger partial charge in [-0.25, -0.2) is 13.4 Å². The summed E-state index contributed by atoms with van der Waals surface area (Å²) in [6.07, 6.45) is 2.88. The SMILES string of the molecule is CCOc1cccnc1S(=O)(=O)N1CCC(OCc2ccccc2)CC1. The molecule has 0 unspecified atom stereocenters. The highest BCUT2D eigenvalue weighted by molar-refractivity contribution is 7.89. The molecule has 0 spiro atoms. The molecule has 3 rings (SSSR count). The van der Waals surface area contributed by atoms with Crippen LogP contribution in [0, 0.1) is 0 Å². The molecule has 7 heteroatoms. The minimum absolute atomic E-state index is 0.00879. The first-order chi connectivity index (χ1) is 12.6. The van der Waals surface area contributed by atoms with Crippen LogP contribution in [0.4, 0.5) is 0 Å². The van der Waals surface area contributed by atoms with Gasteiger partial charge in [0.2, 0.25) is 5.03 Å². The van der Waals surface area contributed by atoms with Crippen LogP contribution in [0.25, 0.3) is 0 Å². The Balaban J connectivity index is 1.60. The molecule has 1 aliphatic rings. The summed E-state index contributed by atoms with van der Waals surface area (Å²) in [5.41, 5.74) is 1.12. The van der Waals surface area contributed by atoms with E-state index in [1.165, 1.54) is 10.5 Å². The first kappa shape index (κ1) is 18.8. The first-order valence-electron chi connectivity index (χ1n) is 8.84. The molecule has 1 saturated heterocycles. The molecule has 0 bridgehead atoms. The first-order valence-corrected chi connectivity index (χ1v) is 10.3. The number of sulfonamides is 1. The lowest BCUT2D eigenvalue weighted by Gasteiger charge is -2.31. The maximum Gasteiger partial charge on any atom is 0.264 e. The lowest BCUT2D eigenvalue weighted by atomic mass is 10.1. The predicted octanol–water partition coefficient (Wildman–Crippen LogP) is 2.85. The van der Waals surface area contributed by atoms with E-state index in [2.05, 4.69) is 4.98 Å². The highest BCUT2D eigenvalue weighted by Crippen LogP contribution is 2.27. The van der Waals surface area contributed by atoms with E-state index in [1.807, 2.05) is 37.3 Å². The average molecular weight is 376 g/mol. The van der Waals surface area contributed by atoms with Gasteiger partial charge < -0.3 is 9.47 Å². The van der Waals surface area contributed by atoms with Gasteiger partial charge in [0.25, 0.3) is 10.0 Å². The summed E-state index contributed by atoms with van der Waals surface area (Å²) < 4.78 is 38.7. The van der Waals surface area contributed by atoms with Crippen molar-refractivity contribution in [1.29, 1.82) is 0 Å². The Kier molecular flexibility index (Phi) is 6.24. The Bertz CT molecular complexity index is 803. The van der Waals surface area contributed by atoms with Crippen molar-refractivity contribution in [3.63, 3.8) is 0 Å². The molecule has 2 aromatic rings. The van der Waals surface area contributed by atoms with E-state index >= 15 is 0 Å².